The predicted octanol–water partition coefficient (Wildman–Crippen LogP) is 2.94. The van der Waals surface area contributed by atoms with E-state index in [1.165, 1.54) is 6.26 Å². The monoisotopic (exact) mass is 386 g/mol. The molecule has 3 rings (SSSR count). The number of nitrogens with zero attached hydrogens (tertiary/aromatic N) is 2. The highest BCUT2D eigenvalue weighted by Crippen LogP contribution is 2.19. The van der Waals surface area contributed by atoms with Gasteiger partial charge in [0.25, 0.3) is 11.1 Å². The molecule has 0 aliphatic carbocycles. The highest BCUT2D eigenvalue weighted by molar-refractivity contribution is 7.99. The largest absolute Gasteiger partial charge is 0.459 e. The van der Waals surface area contributed by atoms with E-state index in [0.717, 1.165) is 28.6 Å². The minimum atomic E-state index is -0.375. The summed E-state index contributed by atoms with van der Waals surface area (Å²) in [7, 11) is 0. The number of carbonyl (C=O) groups is 2. The van der Waals surface area contributed by atoms with Crippen molar-refractivity contribution in [1.29, 1.82) is 0 Å². The highest BCUT2D eigenvalue weighted by atomic mass is 32.2. The lowest BCUT2D eigenvalue weighted by Crippen LogP contribution is -2.22. The third-order valence-electron chi connectivity index (χ3n) is 3.59. The Morgan fingerprint density at radius 2 is 2.04 bits per heavy atom. The van der Waals surface area contributed by atoms with Gasteiger partial charge in [-0.3, -0.25) is 9.59 Å². The Labute approximate surface area is 159 Å². The van der Waals surface area contributed by atoms with Crippen molar-refractivity contribution in [2.45, 2.75) is 25.6 Å². The van der Waals surface area contributed by atoms with Crippen LogP contribution in [0.2, 0.25) is 0 Å². The molecule has 0 unspecified atom stereocenters. The standard InChI is InChI=1S/C18H18N4O4S/c1-11-5-6-12(2)13(8-11)20-15(23)10-27-18-22-21-16(26-18)9-19-17(24)14-4-3-7-25-14/h3-8H,9-10H2,1-2H3,(H,19,24)(H,20,23). The van der Waals surface area contributed by atoms with Crippen LogP contribution in [-0.2, 0) is 11.3 Å². The number of benzene rings is 1. The number of aryl methyl sites for hydroxylation is 2. The second kappa shape index (κ2) is 8.54. The van der Waals surface area contributed by atoms with Crippen LogP contribution in [0, 0.1) is 13.8 Å². The van der Waals surface area contributed by atoms with Gasteiger partial charge in [0.2, 0.25) is 11.8 Å². The third kappa shape index (κ3) is 5.20. The van der Waals surface area contributed by atoms with Gasteiger partial charge >= 0.3 is 0 Å². The van der Waals surface area contributed by atoms with E-state index < -0.39 is 0 Å². The number of anilines is 1. The van der Waals surface area contributed by atoms with Gasteiger partial charge in [-0.1, -0.05) is 23.9 Å². The second-order valence-electron chi connectivity index (χ2n) is 5.78. The van der Waals surface area contributed by atoms with E-state index in [1.807, 2.05) is 32.0 Å². The molecule has 2 heterocycles. The summed E-state index contributed by atoms with van der Waals surface area (Å²) in [5, 5.41) is 13.4. The van der Waals surface area contributed by atoms with Gasteiger partial charge in [-0.2, -0.15) is 0 Å². The predicted molar refractivity (Wildman–Crippen MR) is 99.4 cm³/mol. The van der Waals surface area contributed by atoms with Gasteiger partial charge in [0, 0.05) is 5.69 Å². The Balaban J connectivity index is 1.47. The first-order chi connectivity index (χ1) is 13.0. The van der Waals surface area contributed by atoms with Crippen molar-refractivity contribution in [2.24, 2.45) is 0 Å². The van der Waals surface area contributed by atoms with Gasteiger partial charge in [-0.05, 0) is 43.2 Å². The van der Waals surface area contributed by atoms with Crippen molar-refractivity contribution in [1.82, 2.24) is 15.5 Å². The highest BCUT2D eigenvalue weighted by Gasteiger charge is 2.13. The Morgan fingerprint density at radius 1 is 1.19 bits per heavy atom. The van der Waals surface area contributed by atoms with Crippen LogP contribution in [0.1, 0.15) is 27.6 Å². The number of rotatable bonds is 7. The average molecular weight is 386 g/mol. The van der Waals surface area contributed by atoms with Crippen LogP contribution in [0.5, 0.6) is 0 Å². The molecule has 2 amide bonds. The van der Waals surface area contributed by atoms with E-state index in [4.69, 9.17) is 8.83 Å². The van der Waals surface area contributed by atoms with Gasteiger partial charge in [0.05, 0.1) is 18.6 Å². The first-order valence-corrected chi connectivity index (χ1v) is 9.14. The van der Waals surface area contributed by atoms with Crippen LogP contribution in [0.25, 0.3) is 0 Å². The maximum atomic E-state index is 12.1. The summed E-state index contributed by atoms with van der Waals surface area (Å²) in [6.45, 7) is 3.97. The Bertz CT molecular complexity index is 937. The normalized spacial score (nSPS) is 10.6. The zero-order chi connectivity index (χ0) is 19.2. The van der Waals surface area contributed by atoms with Crippen molar-refractivity contribution in [3.63, 3.8) is 0 Å². The van der Waals surface area contributed by atoms with Gasteiger partial charge in [-0.25, -0.2) is 0 Å². The molecule has 9 heteroatoms. The van der Waals surface area contributed by atoms with E-state index in [-0.39, 0.29) is 41.0 Å². The average Bonchev–Trinajstić information content (AvgIpc) is 3.33. The van der Waals surface area contributed by atoms with Crippen LogP contribution in [-0.4, -0.2) is 27.8 Å². The van der Waals surface area contributed by atoms with Crippen LogP contribution < -0.4 is 10.6 Å². The Kier molecular flexibility index (Phi) is 5.92. The number of hydrogen-bond donors (Lipinski definition) is 2. The fourth-order valence-corrected chi connectivity index (χ4v) is 2.78. The molecule has 1 aromatic carbocycles. The number of carbonyl (C=O) groups excluding carboxylic acids is 2. The van der Waals surface area contributed by atoms with Gasteiger partial charge in [-0.15, -0.1) is 10.2 Å². The molecule has 140 valence electrons. The number of nitrogens with one attached hydrogen (secondary N) is 2. The molecule has 0 atom stereocenters. The van der Waals surface area contributed by atoms with Gasteiger partial charge in [0.1, 0.15) is 0 Å². The van der Waals surface area contributed by atoms with E-state index in [9.17, 15) is 9.59 Å². The van der Waals surface area contributed by atoms with E-state index in [1.54, 1.807) is 12.1 Å². The minimum absolute atomic E-state index is 0.0712. The number of furan rings is 1. The number of hydrogen-bond acceptors (Lipinski definition) is 7. The van der Waals surface area contributed by atoms with Crippen molar-refractivity contribution in [3.8, 4) is 0 Å². The minimum Gasteiger partial charge on any atom is -0.459 e. The van der Waals surface area contributed by atoms with Gasteiger partial charge < -0.3 is 19.5 Å². The molecule has 2 aromatic heterocycles. The first kappa shape index (κ1) is 18.7. The summed E-state index contributed by atoms with van der Waals surface area (Å²) < 4.78 is 10.4. The summed E-state index contributed by atoms with van der Waals surface area (Å²) in [5.41, 5.74) is 2.85. The molecule has 0 fully saturated rings. The van der Waals surface area contributed by atoms with Crippen molar-refractivity contribution in [3.05, 3.63) is 59.4 Å². The molecule has 0 aliphatic heterocycles. The molecular formula is C18H18N4O4S. The molecular weight excluding hydrogens is 368 g/mol. The molecule has 3 aromatic rings. The van der Waals surface area contributed by atoms with E-state index in [0.29, 0.717) is 0 Å². The fraction of sp³-hybridized carbons (Fsp3) is 0.222. The molecule has 2 N–H and O–H groups in total. The molecule has 0 spiro atoms. The lowest BCUT2D eigenvalue weighted by molar-refractivity contribution is -0.113. The second-order valence-corrected chi connectivity index (χ2v) is 6.70. The summed E-state index contributed by atoms with van der Waals surface area (Å²) in [4.78, 5) is 23.9. The molecule has 0 saturated carbocycles. The zero-order valence-electron chi connectivity index (χ0n) is 14.8. The van der Waals surface area contributed by atoms with Crippen LogP contribution in [0.4, 0.5) is 5.69 Å². The summed E-state index contributed by atoms with van der Waals surface area (Å²) in [6.07, 6.45) is 1.42. The molecule has 0 aliphatic rings. The Morgan fingerprint density at radius 3 is 2.81 bits per heavy atom. The molecule has 8 nitrogen and oxygen atoms in total. The number of aromatic nitrogens is 2. The summed E-state index contributed by atoms with van der Waals surface area (Å²) in [5.74, 6) is 0.0350. The smallest absolute Gasteiger partial charge is 0.287 e. The first-order valence-electron chi connectivity index (χ1n) is 8.15. The maximum absolute atomic E-state index is 12.1. The van der Waals surface area contributed by atoms with Crippen molar-refractivity contribution in [2.75, 3.05) is 11.1 Å². The SMILES string of the molecule is Cc1ccc(C)c(NC(=O)CSc2nnc(CNC(=O)c3ccco3)o2)c1. The summed E-state index contributed by atoms with van der Waals surface area (Å²) in [6, 6.07) is 9.05. The maximum Gasteiger partial charge on any atom is 0.287 e. The van der Waals surface area contributed by atoms with E-state index in [2.05, 4.69) is 20.8 Å². The lowest BCUT2D eigenvalue weighted by Gasteiger charge is -2.08. The fourth-order valence-electron chi connectivity index (χ4n) is 2.20. The topological polar surface area (TPSA) is 110 Å². The number of thioether (sulfide) groups is 1. The lowest BCUT2D eigenvalue weighted by atomic mass is 10.1. The third-order valence-corrected chi connectivity index (χ3v) is 4.41. The van der Waals surface area contributed by atoms with E-state index >= 15 is 0 Å². The van der Waals surface area contributed by atoms with Gasteiger partial charge in [0.15, 0.2) is 5.76 Å². The van der Waals surface area contributed by atoms with Crippen LogP contribution >= 0.6 is 11.8 Å². The molecule has 27 heavy (non-hydrogen) atoms. The Hall–Kier alpha value is -3.07. The van der Waals surface area contributed by atoms with Crippen LogP contribution in [0.3, 0.4) is 0 Å². The van der Waals surface area contributed by atoms with Crippen LogP contribution in [0.15, 0.2) is 50.7 Å². The number of amides is 2. The molecule has 0 saturated heterocycles. The molecule has 0 bridgehead atoms. The van der Waals surface area contributed by atoms with Crippen molar-refractivity contribution < 1.29 is 18.4 Å². The quantitative estimate of drug-likeness (QED) is 0.601. The summed E-state index contributed by atoms with van der Waals surface area (Å²) >= 11 is 1.13. The molecule has 0 radical (unpaired) electrons. The zero-order valence-corrected chi connectivity index (χ0v) is 15.6. The van der Waals surface area contributed by atoms with Crippen molar-refractivity contribution >= 4 is 29.3 Å².